The molecule has 0 aliphatic heterocycles. The lowest BCUT2D eigenvalue weighted by Gasteiger charge is -2.16. The molecule has 0 saturated carbocycles. The molecule has 0 aromatic heterocycles. The van der Waals surface area contributed by atoms with Crippen LogP contribution in [0.3, 0.4) is 0 Å². The highest BCUT2D eigenvalue weighted by molar-refractivity contribution is 7.90. The zero-order valence-electron chi connectivity index (χ0n) is 13.8. The van der Waals surface area contributed by atoms with Gasteiger partial charge in [-0.05, 0) is 32.5 Å². The predicted molar refractivity (Wildman–Crippen MR) is 89.7 cm³/mol. The van der Waals surface area contributed by atoms with Gasteiger partial charge in [0.2, 0.25) is 5.91 Å². The number of benzene rings is 1. The number of carbonyl (C=O) groups excluding carboxylic acids is 2. The van der Waals surface area contributed by atoms with Crippen LogP contribution in [0.1, 0.15) is 13.3 Å². The average molecular weight is 354 g/mol. The van der Waals surface area contributed by atoms with Crippen LogP contribution in [0.4, 0.5) is 0 Å². The van der Waals surface area contributed by atoms with Gasteiger partial charge in [-0.2, -0.15) is 0 Å². The third-order valence-corrected chi connectivity index (χ3v) is 4.37. The average Bonchev–Trinajstić information content (AvgIpc) is 2.51. The minimum absolute atomic E-state index is 0.0349. The molecular weight excluding hydrogens is 332 g/mol. The molecule has 132 valence electrons. The SMILES string of the molecule is C=C(C)C(=O)OCCCN(C)CC(=O)NS(=O)(=O)c1ccccc1. The minimum atomic E-state index is -3.86. The van der Waals surface area contributed by atoms with Gasteiger partial charge in [0, 0.05) is 12.1 Å². The van der Waals surface area contributed by atoms with Gasteiger partial charge in [-0.3, -0.25) is 9.69 Å². The molecule has 1 amide bonds. The van der Waals surface area contributed by atoms with Crippen LogP contribution < -0.4 is 4.72 Å². The molecule has 1 N–H and O–H groups in total. The van der Waals surface area contributed by atoms with Crippen molar-refractivity contribution in [1.82, 2.24) is 9.62 Å². The molecule has 0 fully saturated rings. The van der Waals surface area contributed by atoms with E-state index in [4.69, 9.17) is 4.74 Å². The summed E-state index contributed by atoms with van der Waals surface area (Å²) in [6.07, 6.45) is 0.522. The van der Waals surface area contributed by atoms with Gasteiger partial charge in [0.1, 0.15) is 0 Å². The number of sulfonamides is 1. The van der Waals surface area contributed by atoms with Crippen LogP contribution in [0.15, 0.2) is 47.4 Å². The van der Waals surface area contributed by atoms with Crippen molar-refractivity contribution in [2.45, 2.75) is 18.2 Å². The standard InChI is InChI=1S/C16H22N2O5S/c1-13(2)16(20)23-11-7-10-18(3)12-15(19)17-24(21,22)14-8-5-4-6-9-14/h4-6,8-9H,1,7,10-12H2,2-3H3,(H,17,19). The number of nitrogens with zero attached hydrogens (tertiary/aromatic N) is 1. The number of carbonyl (C=O) groups is 2. The Balaban J connectivity index is 2.37. The van der Waals surface area contributed by atoms with Crippen molar-refractivity contribution < 1.29 is 22.7 Å². The first-order valence-corrected chi connectivity index (χ1v) is 8.82. The Morgan fingerprint density at radius 2 is 1.88 bits per heavy atom. The van der Waals surface area contributed by atoms with Crippen LogP contribution in [0.25, 0.3) is 0 Å². The van der Waals surface area contributed by atoms with Crippen molar-refractivity contribution in [3.8, 4) is 0 Å². The monoisotopic (exact) mass is 354 g/mol. The summed E-state index contributed by atoms with van der Waals surface area (Å²) >= 11 is 0. The number of rotatable bonds is 9. The molecule has 1 aromatic rings. The van der Waals surface area contributed by atoms with Crippen LogP contribution in [-0.2, 0) is 24.3 Å². The quantitative estimate of drug-likeness (QED) is 0.403. The minimum Gasteiger partial charge on any atom is -0.462 e. The molecule has 0 bridgehead atoms. The molecule has 0 unspecified atom stereocenters. The van der Waals surface area contributed by atoms with Gasteiger partial charge in [-0.1, -0.05) is 24.8 Å². The van der Waals surface area contributed by atoms with Crippen LogP contribution in [-0.4, -0.2) is 51.9 Å². The zero-order chi connectivity index (χ0) is 18.2. The summed E-state index contributed by atoms with van der Waals surface area (Å²) in [5.41, 5.74) is 0.328. The molecule has 1 rings (SSSR count). The van der Waals surface area contributed by atoms with Crippen molar-refractivity contribution in [3.05, 3.63) is 42.5 Å². The van der Waals surface area contributed by atoms with Crippen LogP contribution in [0.5, 0.6) is 0 Å². The van der Waals surface area contributed by atoms with E-state index in [1.165, 1.54) is 12.1 Å². The van der Waals surface area contributed by atoms with Gasteiger partial charge in [0.05, 0.1) is 18.0 Å². The van der Waals surface area contributed by atoms with Crippen molar-refractivity contribution >= 4 is 21.9 Å². The number of ether oxygens (including phenoxy) is 1. The van der Waals surface area contributed by atoms with Gasteiger partial charge in [0.25, 0.3) is 10.0 Å². The Labute approximate surface area is 142 Å². The first kappa shape index (κ1) is 19.9. The second-order valence-corrected chi connectivity index (χ2v) is 7.03. The summed E-state index contributed by atoms with van der Waals surface area (Å²) in [6, 6.07) is 7.68. The molecule has 0 radical (unpaired) electrons. The summed E-state index contributed by atoms with van der Waals surface area (Å²) in [4.78, 5) is 24.7. The van der Waals surface area contributed by atoms with Gasteiger partial charge in [0.15, 0.2) is 0 Å². The molecule has 0 aliphatic rings. The maximum Gasteiger partial charge on any atom is 0.333 e. The van der Waals surface area contributed by atoms with Gasteiger partial charge < -0.3 is 4.74 Å². The van der Waals surface area contributed by atoms with E-state index in [9.17, 15) is 18.0 Å². The summed E-state index contributed by atoms with van der Waals surface area (Å²) < 4.78 is 31.0. The van der Waals surface area contributed by atoms with E-state index in [1.807, 2.05) is 4.72 Å². The lowest BCUT2D eigenvalue weighted by atomic mass is 10.3. The van der Waals surface area contributed by atoms with Crippen LogP contribution in [0.2, 0.25) is 0 Å². The van der Waals surface area contributed by atoms with Crippen molar-refractivity contribution in [2.75, 3.05) is 26.7 Å². The molecule has 1 aromatic carbocycles. The second kappa shape index (κ2) is 9.19. The molecule has 7 nitrogen and oxygen atoms in total. The Morgan fingerprint density at radius 1 is 1.25 bits per heavy atom. The molecule has 0 atom stereocenters. The van der Waals surface area contributed by atoms with Crippen molar-refractivity contribution in [3.63, 3.8) is 0 Å². The highest BCUT2D eigenvalue weighted by atomic mass is 32.2. The normalized spacial score (nSPS) is 11.1. The second-order valence-electron chi connectivity index (χ2n) is 5.35. The third-order valence-electron chi connectivity index (χ3n) is 2.98. The van der Waals surface area contributed by atoms with E-state index >= 15 is 0 Å². The van der Waals surface area contributed by atoms with E-state index in [0.29, 0.717) is 18.5 Å². The summed E-state index contributed by atoms with van der Waals surface area (Å²) in [5, 5.41) is 0. The van der Waals surface area contributed by atoms with Gasteiger partial charge >= 0.3 is 5.97 Å². The predicted octanol–water partition coefficient (Wildman–Crippen LogP) is 0.933. The fourth-order valence-corrected chi connectivity index (χ4v) is 2.79. The fraction of sp³-hybridized carbons (Fsp3) is 0.375. The summed E-state index contributed by atoms with van der Waals surface area (Å²) in [6.45, 7) is 5.63. The number of amides is 1. The lowest BCUT2D eigenvalue weighted by Crippen LogP contribution is -2.39. The summed E-state index contributed by atoms with van der Waals surface area (Å²) in [5.74, 6) is -1.08. The molecule has 0 spiro atoms. The van der Waals surface area contributed by atoms with Crippen LogP contribution >= 0.6 is 0 Å². The maximum absolute atomic E-state index is 12.0. The molecule has 0 saturated heterocycles. The van der Waals surface area contributed by atoms with E-state index < -0.39 is 21.9 Å². The van der Waals surface area contributed by atoms with Gasteiger partial charge in [-0.15, -0.1) is 0 Å². The third kappa shape index (κ3) is 6.93. The molecule has 0 heterocycles. The lowest BCUT2D eigenvalue weighted by molar-refractivity contribution is -0.139. The summed E-state index contributed by atoms with van der Waals surface area (Å²) in [7, 11) is -2.18. The number of esters is 1. The number of nitrogens with one attached hydrogen (secondary N) is 1. The van der Waals surface area contributed by atoms with E-state index in [0.717, 1.165) is 0 Å². The molecule has 8 heteroatoms. The number of hydrogen-bond donors (Lipinski definition) is 1. The highest BCUT2D eigenvalue weighted by Crippen LogP contribution is 2.06. The van der Waals surface area contributed by atoms with Crippen LogP contribution in [0, 0.1) is 0 Å². The Hall–Kier alpha value is -2.19. The van der Waals surface area contributed by atoms with E-state index in [1.54, 1.807) is 37.1 Å². The van der Waals surface area contributed by atoms with Crippen molar-refractivity contribution in [2.24, 2.45) is 0 Å². The molecular formula is C16H22N2O5S. The first-order valence-electron chi connectivity index (χ1n) is 7.34. The smallest absolute Gasteiger partial charge is 0.333 e. The molecule has 0 aliphatic carbocycles. The Kier molecular flexibility index (Phi) is 7.60. The largest absolute Gasteiger partial charge is 0.462 e. The van der Waals surface area contributed by atoms with Gasteiger partial charge in [-0.25, -0.2) is 17.9 Å². The van der Waals surface area contributed by atoms with E-state index in [-0.39, 0.29) is 18.0 Å². The van der Waals surface area contributed by atoms with Crippen molar-refractivity contribution in [1.29, 1.82) is 0 Å². The van der Waals surface area contributed by atoms with E-state index in [2.05, 4.69) is 6.58 Å². The fourth-order valence-electron chi connectivity index (χ4n) is 1.79. The topological polar surface area (TPSA) is 92.8 Å². The Morgan fingerprint density at radius 3 is 2.46 bits per heavy atom. The zero-order valence-corrected chi connectivity index (χ0v) is 14.6. The number of likely N-dealkylation sites (N-methyl/N-ethyl adjacent to an activating group) is 1. The first-order chi connectivity index (χ1) is 11.2. The highest BCUT2D eigenvalue weighted by Gasteiger charge is 2.18. The molecule has 24 heavy (non-hydrogen) atoms. The maximum atomic E-state index is 12.0. The number of hydrogen-bond acceptors (Lipinski definition) is 6. The Bertz CT molecular complexity index is 686.